The van der Waals surface area contributed by atoms with Crippen molar-refractivity contribution in [2.24, 2.45) is 0 Å². The van der Waals surface area contributed by atoms with E-state index in [1.54, 1.807) is 18.3 Å². The average Bonchev–Trinajstić information content (AvgIpc) is 2.92. The second-order valence-corrected chi connectivity index (χ2v) is 3.81. The number of aromatic nitrogens is 3. The summed E-state index contributed by atoms with van der Waals surface area (Å²) in [5, 5.41) is 9.52. The molecule has 0 aromatic carbocycles. The lowest BCUT2D eigenvalue weighted by atomic mass is 10.2. The molecule has 0 radical (unpaired) electrons. The van der Waals surface area contributed by atoms with Gasteiger partial charge in [-0.25, -0.2) is 4.98 Å². The third-order valence-corrected chi connectivity index (χ3v) is 2.42. The van der Waals surface area contributed by atoms with Crippen LogP contribution in [0.2, 0.25) is 0 Å². The molecule has 7 nitrogen and oxygen atoms in total. The van der Waals surface area contributed by atoms with Crippen molar-refractivity contribution in [2.75, 3.05) is 18.4 Å². The molecule has 2 aromatic rings. The maximum absolute atomic E-state index is 11.9. The predicted molar refractivity (Wildman–Crippen MR) is 68.7 cm³/mol. The predicted octanol–water partition coefficient (Wildman–Crippen LogP) is 0.869. The Kier molecular flexibility index (Phi) is 4.44. The van der Waals surface area contributed by atoms with Crippen molar-refractivity contribution < 1.29 is 9.32 Å². The number of amides is 1. The minimum Gasteiger partial charge on any atom is -0.370 e. The monoisotopic (exact) mass is 261 g/mol. The van der Waals surface area contributed by atoms with Gasteiger partial charge in [-0.05, 0) is 19.1 Å². The summed E-state index contributed by atoms with van der Waals surface area (Å²) in [4.78, 5) is 19.9. The van der Waals surface area contributed by atoms with Gasteiger partial charge in [0, 0.05) is 31.3 Å². The van der Waals surface area contributed by atoms with Crippen molar-refractivity contribution in [1.29, 1.82) is 0 Å². The van der Waals surface area contributed by atoms with E-state index < -0.39 is 0 Å². The molecular weight excluding hydrogens is 246 g/mol. The molecule has 7 heteroatoms. The number of hydrogen-bond donors (Lipinski definition) is 2. The van der Waals surface area contributed by atoms with Crippen LogP contribution in [0.5, 0.6) is 0 Å². The molecular formula is C12H15N5O2. The van der Waals surface area contributed by atoms with Gasteiger partial charge in [-0.2, -0.15) is 4.98 Å². The Morgan fingerprint density at radius 3 is 3.05 bits per heavy atom. The van der Waals surface area contributed by atoms with Crippen LogP contribution < -0.4 is 10.6 Å². The molecule has 19 heavy (non-hydrogen) atoms. The minimum absolute atomic E-state index is 0.148. The van der Waals surface area contributed by atoms with E-state index in [9.17, 15) is 4.79 Å². The summed E-state index contributed by atoms with van der Waals surface area (Å²) in [6.07, 6.45) is 3.40. The molecule has 0 aliphatic heterocycles. The van der Waals surface area contributed by atoms with Crippen LogP contribution in [-0.2, 0) is 6.42 Å². The molecule has 0 saturated heterocycles. The van der Waals surface area contributed by atoms with E-state index in [0.29, 0.717) is 30.2 Å². The van der Waals surface area contributed by atoms with E-state index in [-0.39, 0.29) is 5.91 Å². The van der Waals surface area contributed by atoms with Crippen LogP contribution in [0.25, 0.3) is 0 Å². The molecule has 0 spiro atoms. The Morgan fingerprint density at radius 1 is 1.42 bits per heavy atom. The van der Waals surface area contributed by atoms with E-state index in [0.717, 1.165) is 6.54 Å². The van der Waals surface area contributed by atoms with Crippen molar-refractivity contribution in [2.45, 2.75) is 13.3 Å². The lowest BCUT2D eigenvalue weighted by Crippen LogP contribution is -2.26. The molecule has 0 fully saturated rings. The first kappa shape index (κ1) is 13.0. The number of anilines is 1. The lowest BCUT2D eigenvalue weighted by molar-refractivity contribution is 0.0954. The number of carbonyl (C=O) groups is 1. The van der Waals surface area contributed by atoms with Crippen LogP contribution in [0, 0.1) is 0 Å². The summed E-state index contributed by atoms with van der Waals surface area (Å²) in [5.41, 5.74) is 0.569. The topological polar surface area (TPSA) is 92.9 Å². The van der Waals surface area contributed by atoms with E-state index in [1.165, 1.54) is 6.39 Å². The van der Waals surface area contributed by atoms with Gasteiger partial charge in [0.05, 0.1) is 0 Å². The first-order valence-electron chi connectivity index (χ1n) is 6.03. The van der Waals surface area contributed by atoms with Crippen molar-refractivity contribution in [3.8, 4) is 0 Å². The van der Waals surface area contributed by atoms with Gasteiger partial charge in [0.25, 0.3) is 5.91 Å². The van der Waals surface area contributed by atoms with Gasteiger partial charge in [0.2, 0.25) is 6.39 Å². The molecule has 2 N–H and O–H groups in total. The van der Waals surface area contributed by atoms with Crippen molar-refractivity contribution in [3.05, 3.63) is 36.1 Å². The lowest BCUT2D eigenvalue weighted by Gasteiger charge is -2.06. The first-order chi connectivity index (χ1) is 9.29. The zero-order chi connectivity index (χ0) is 13.5. The molecule has 2 rings (SSSR count). The summed E-state index contributed by atoms with van der Waals surface area (Å²) in [6.45, 7) is 3.19. The Labute approximate surface area is 110 Å². The summed E-state index contributed by atoms with van der Waals surface area (Å²) in [7, 11) is 0. The summed E-state index contributed by atoms with van der Waals surface area (Å²) in [5.74, 6) is 1.11. The van der Waals surface area contributed by atoms with Crippen LogP contribution in [0.4, 0.5) is 5.82 Å². The molecule has 0 saturated carbocycles. The zero-order valence-electron chi connectivity index (χ0n) is 10.6. The average molecular weight is 261 g/mol. The first-order valence-corrected chi connectivity index (χ1v) is 6.03. The second-order valence-electron chi connectivity index (χ2n) is 3.81. The highest BCUT2D eigenvalue weighted by Gasteiger charge is 2.07. The Hall–Kier alpha value is -2.44. The highest BCUT2D eigenvalue weighted by atomic mass is 16.5. The third kappa shape index (κ3) is 3.77. The van der Waals surface area contributed by atoms with E-state index in [1.807, 2.05) is 6.92 Å². The minimum atomic E-state index is -0.148. The SMILES string of the molecule is CCNc1cc(C(=O)NCCc2ncon2)ccn1. The molecule has 0 unspecified atom stereocenters. The highest BCUT2D eigenvalue weighted by Crippen LogP contribution is 2.06. The molecule has 1 amide bonds. The number of carbonyl (C=O) groups excluding carboxylic acids is 1. The number of nitrogens with zero attached hydrogens (tertiary/aromatic N) is 3. The van der Waals surface area contributed by atoms with Crippen LogP contribution in [0.3, 0.4) is 0 Å². The van der Waals surface area contributed by atoms with Gasteiger partial charge < -0.3 is 15.2 Å². The standard InChI is InChI=1S/C12H15N5O2/c1-2-13-11-7-9(3-5-14-11)12(18)15-6-4-10-16-8-19-17-10/h3,5,7-8H,2,4,6H2,1H3,(H,13,14)(H,15,18). The Bertz CT molecular complexity index is 527. The van der Waals surface area contributed by atoms with Crippen molar-refractivity contribution in [3.63, 3.8) is 0 Å². The van der Waals surface area contributed by atoms with Crippen LogP contribution in [0.15, 0.2) is 29.2 Å². The van der Waals surface area contributed by atoms with E-state index in [4.69, 9.17) is 0 Å². The number of hydrogen-bond acceptors (Lipinski definition) is 6. The Morgan fingerprint density at radius 2 is 2.32 bits per heavy atom. The van der Waals surface area contributed by atoms with E-state index >= 15 is 0 Å². The fourth-order valence-electron chi connectivity index (χ4n) is 1.54. The molecule has 0 aliphatic rings. The molecule has 2 heterocycles. The third-order valence-electron chi connectivity index (χ3n) is 2.42. The number of pyridine rings is 1. The maximum Gasteiger partial charge on any atom is 0.251 e. The Balaban J connectivity index is 1.87. The van der Waals surface area contributed by atoms with Gasteiger partial charge in [-0.15, -0.1) is 0 Å². The van der Waals surface area contributed by atoms with Gasteiger partial charge >= 0.3 is 0 Å². The van der Waals surface area contributed by atoms with Crippen LogP contribution >= 0.6 is 0 Å². The number of nitrogens with one attached hydrogen (secondary N) is 2. The quantitative estimate of drug-likeness (QED) is 0.801. The molecule has 0 aliphatic carbocycles. The zero-order valence-corrected chi connectivity index (χ0v) is 10.6. The molecule has 2 aromatic heterocycles. The van der Waals surface area contributed by atoms with Crippen LogP contribution in [0.1, 0.15) is 23.1 Å². The van der Waals surface area contributed by atoms with Crippen molar-refractivity contribution >= 4 is 11.7 Å². The second kappa shape index (κ2) is 6.48. The number of rotatable bonds is 6. The van der Waals surface area contributed by atoms with Gasteiger partial charge in [-0.3, -0.25) is 4.79 Å². The largest absolute Gasteiger partial charge is 0.370 e. The highest BCUT2D eigenvalue weighted by molar-refractivity contribution is 5.94. The van der Waals surface area contributed by atoms with E-state index in [2.05, 4.69) is 30.3 Å². The summed E-state index contributed by atoms with van der Waals surface area (Å²) in [6, 6.07) is 3.39. The fourth-order valence-corrected chi connectivity index (χ4v) is 1.54. The maximum atomic E-state index is 11.9. The summed E-state index contributed by atoms with van der Waals surface area (Å²) >= 11 is 0. The molecule has 0 atom stereocenters. The molecule has 0 bridgehead atoms. The van der Waals surface area contributed by atoms with Gasteiger partial charge in [-0.1, -0.05) is 5.16 Å². The van der Waals surface area contributed by atoms with Gasteiger partial charge in [0.15, 0.2) is 5.82 Å². The van der Waals surface area contributed by atoms with Gasteiger partial charge in [0.1, 0.15) is 5.82 Å². The summed E-state index contributed by atoms with van der Waals surface area (Å²) < 4.78 is 4.61. The smallest absolute Gasteiger partial charge is 0.251 e. The molecule has 100 valence electrons. The normalized spacial score (nSPS) is 10.2. The van der Waals surface area contributed by atoms with Crippen molar-refractivity contribution in [1.82, 2.24) is 20.4 Å². The van der Waals surface area contributed by atoms with Crippen LogP contribution in [-0.4, -0.2) is 34.1 Å². The fraction of sp³-hybridized carbons (Fsp3) is 0.333.